The van der Waals surface area contributed by atoms with Crippen LogP contribution in [0.2, 0.25) is 0 Å². The molecule has 0 saturated heterocycles. The zero-order valence-electron chi connectivity index (χ0n) is 18.3. The number of nitrogens with zero attached hydrogens (tertiary/aromatic N) is 2. The zero-order valence-corrected chi connectivity index (χ0v) is 18.3. The predicted octanol–water partition coefficient (Wildman–Crippen LogP) is 5.68. The Kier molecular flexibility index (Phi) is 4.56. The summed E-state index contributed by atoms with van der Waals surface area (Å²) < 4.78 is 5.21. The first-order valence-corrected chi connectivity index (χ1v) is 11.6. The van der Waals surface area contributed by atoms with Gasteiger partial charge in [0.25, 0.3) is 11.8 Å². The third-order valence-electron chi connectivity index (χ3n) is 7.53. The Morgan fingerprint density at radius 3 is 2.16 bits per heavy atom. The van der Waals surface area contributed by atoms with Crippen LogP contribution in [0.15, 0.2) is 53.1 Å². The van der Waals surface area contributed by atoms with Crippen molar-refractivity contribution < 1.29 is 9.32 Å². The molecule has 1 aromatic heterocycles. The maximum absolute atomic E-state index is 13.0. The van der Waals surface area contributed by atoms with E-state index in [0.717, 1.165) is 34.7 Å². The highest BCUT2D eigenvalue weighted by Gasteiger charge is 2.51. The topological polar surface area (TPSA) is 80.0 Å². The number of aromatic nitrogens is 2. The third kappa shape index (κ3) is 3.57. The lowest BCUT2D eigenvalue weighted by atomic mass is 9.53. The molecule has 1 heterocycles. The molecule has 4 bridgehead atoms. The fourth-order valence-electron chi connectivity index (χ4n) is 6.62. The Balaban J connectivity index is 1.19. The molecular formula is C26H28N4O2. The van der Waals surface area contributed by atoms with E-state index in [4.69, 9.17) is 4.52 Å². The summed E-state index contributed by atoms with van der Waals surface area (Å²) in [7, 11) is 0. The average Bonchev–Trinajstić information content (AvgIpc) is 3.20. The van der Waals surface area contributed by atoms with Crippen molar-refractivity contribution in [3.63, 3.8) is 0 Å². The summed E-state index contributed by atoms with van der Waals surface area (Å²) in [6, 6.07) is 15.3. The standard InChI is InChI=1S/C26H28N4O2/c1-16-27-25(32-30-16)21-8-6-20(7-9-21)24(31)28-22-4-2-3-5-23(22)29-26-13-17-10-18(14-26)12-19(11-17)15-26/h2-9,17-19,29H,10-15H2,1H3,(H,28,31). The number of rotatable bonds is 5. The number of carbonyl (C=O) groups is 1. The fourth-order valence-corrected chi connectivity index (χ4v) is 6.62. The van der Waals surface area contributed by atoms with Gasteiger partial charge in [0.15, 0.2) is 5.82 Å². The molecule has 164 valence electrons. The maximum atomic E-state index is 13.0. The van der Waals surface area contributed by atoms with Gasteiger partial charge in [-0.05, 0) is 99.6 Å². The van der Waals surface area contributed by atoms with E-state index in [0.29, 0.717) is 17.3 Å². The van der Waals surface area contributed by atoms with Crippen LogP contribution in [-0.2, 0) is 0 Å². The van der Waals surface area contributed by atoms with Gasteiger partial charge in [0.2, 0.25) is 0 Å². The largest absolute Gasteiger partial charge is 0.378 e. The molecule has 1 amide bonds. The van der Waals surface area contributed by atoms with E-state index in [1.54, 1.807) is 19.1 Å². The van der Waals surface area contributed by atoms with Gasteiger partial charge in [-0.15, -0.1) is 0 Å². The smallest absolute Gasteiger partial charge is 0.257 e. The minimum atomic E-state index is -0.127. The van der Waals surface area contributed by atoms with Crippen molar-refractivity contribution in [2.75, 3.05) is 10.6 Å². The molecule has 6 nitrogen and oxygen atoms in total. The normalized spacial score (nSPS) is 28.0. The van der Waals surface area contributed by atoms with Gasteiger partial charge >= 0.3 is 0 Å². The number of hydrogen-bond donors (Lipinski definition) is 2. The highest BCUT2D eigenvalue weighted by Crippen LogP contribution is 2.56. The first kappa shape index (κ1) is 19.5. The van der Waals surface area contributed by atoms with Gasteiger partial charge in [-0.25, -0.2) is 0 Å². The van der Waals surface area contributed by atoms with Gasteiger partial charge in [-0.2, -0.15) is 4.98 Å². The number of nitrogens with one attached hydrogen (secondary N) is 2. The number of hydrogen-bond acceptors (Lipinski definition) is 5. The van der Waals surface area contributed by atoms with Gasteiger partial charge in [0.05, 0.1) is 11.4 Å². The van der Waals surface area contributed by atoms with Crippen molar-refractivity contribution in [2.45, 2.75) is 51.0 Å². The summed E-state index contributed by atoms with van der Waals surface area (Å²) in [5, 5.41) is 10.8. The molecule has 4 saturated carbocycles. The average molecular weight is 429 g/mol. The van der Waals surface area contributed by atoms with Crippen molar-refractivity contribution in [1.82, 2.24) is 10.1 Å². The summed E-state index contributed by atoms with van der Waals surface area (Å²) >= 11 is 0. The summed E-state index contributed by atoms with van der Waals surface area (Å²) in [6.07, 6.45) is 8.03. The number of carbonyl (C=O) groups excluding carboxylic acids is 1. The Hall–Kier alpha value is -3.15. The molecule has 0 atom stereocenters. The van der Waals surface area contributed by atoms with E-state index < -0.39 is 0 Å². The van der Waals surface area contributed by atoms with E-state index in [9.17, 15) is 4.79 Å². The summed E-state index contributed by atoms with van der Waals surface area (Å²) in [4.78, 5) is 17.2. The quantitative estimate of drug-likeness (QED) is 0.547. The van der Waals surface area contributed by atoms with E-state index in [1.807, 2.05) is 30.3 Å². The fraction of sp³-hybridized carbons (Fsp3) is 0.423. The number of anilines is 2. The van der Waals surface area contributed by atoms with Gasteiger partial charge in [-0.3, -0.25) is 4.79 Å². The minimum Gasteiger partial charge on any atom is -0.378 e. The van der Waals surface area contributed by atoms with Gasteiger partial charge in [-0.1, -0.05) is 17.3 Å². The highest BCUT2D eigenvalue weighted by atomic mass is 16.5. The molecule has 0 spiro atoms. The van der Waals surface area contributed by atoms with E-state index in [2.05, 4.69) is 26.8 Å². The summed E-state index contributed by atoms with van der Waals surface area (Å²) in [6.45, 7) is 1.78. The Labute approximate surface area is 187 Å². The molecule has 3 aromatic rings. The Morgan fingerprint density at radius 2 is 1.56 bits per heavy atom. The minimum absolute atomic E-state index is 0.127. The number of aryl methyl sites for hydroxylation is 1. The maximum Gasteiger partial charge on any atom is 0.257 e. The van der Waals surface area contributed by atoms with Gasteiger partial charge in [0.1, 0.15) is 0 Å². The van der Waals surface area contributed by atoms with Crippen molar-refractivity contribution in [3.05, 3.63) is 59.9 Å². The summed E-state index contributed by atoms with van der Waals surface area (Å²) in [5.41, 5.74) is 3.45. The molecule has 2 N–H and O–H groups in total. The molecule has 0 radical (unpaired) electrons. The first-order chi connectivity index (χ1) is 15.6. The lowest BCUT2D eigenvalue weighted by Crippen LogP contribution is -2.54. The molecule has 4 fully saturated rings. The highest BCUT2D eigenvalue weighted by molar-refractivity contribution is 6.06. The van der Waals surface area contributed by atoms with Crippen LogP contribution in [-0.4, -0.2) is 21.6 Å². The van der Waals surface area contributed by atoms with Crippen LogP contribution in [0.4, 0.5) is 11.4 Å². The second-order valence-corrected chi connectivity index (χ2v) is 10.0. The molecule has 2 aromatic carbocycles. The van der Waals surface area contributed by atoms with Crippen LogP contribution < -0.4 is 10.6 Å². The lowest BCUT2D eigenvalue weighted by Gasteiger charge is -2.57. The molecule has 4 aliphatic carbocycles. The zero-order chi connectivity index (χ0) is 21.7. The Morgan fingerprint density at radius 1 is 0.938 bits per heavy atom. The third-order valence-corrected chi connectivity index (χ3v) is 7.53. The second kappa shape index (κ2) is 7.47. The van der Waals surface area contributed by atoms with Crippen LogP contribution in [0.5, 0.6) is 0 Å². The molecule has 0 aliphatic heterocycles. The molecule has 0 unspecified atom stereocenters. The van der Waals surface area contributed by atoms with Gasteiger partial charge in [0, 0.05) is 16.7 Å². The van der Waals surface area contributed by atoms with E-state index in [-0.39, 0.29) is 11.4 Å². The number of amides is 1. The molecule has 7 rings (SSSR count). The summed E-state index contributed by atoms with van der Waals surface area (Å²) in [5.74, 6) is 3.53. The number of para-hydroxylation sites is 2. The van der Waals surface area contributed by atoms with E-state index in [1.165, 1.54) is 38.5 Å². The monoisotopic (exact) mass is 428 g/mol. The van der Waals surface area contributed by atoms with Crippen LogP contribution in [0, 0.1) is 24.7 Å². The second-order valence-electron chi connectivity index (χ2n) is 10.0. The van der Waals surface area contributed by atoms with Gasteiger partial charge < -0.3 is 15.2 Å². The molecular weight excluding hydrogens is 400 g/mol. The van der Waals surface area contributed by atoms with Crippen molar-refractivity contribution >= 4 is 17.3 Å². The predicted molar refractivity (Wildman–Crippen MR) is 123 cm³/mol. The Bertz CT molecular complexity index is 1120. The molecule has 4 aliphatic rings. The van der Waals surface area contributed by atoms with Crippen LogP contribution >= 0.6 is 0 Å². The van der Waals surface area contributed by atoms with Crippen molar-refractivity contribution in [1.29, 1.82) is 0 Å². The van der Waals surface area contributed by atoms with Crippen LogP contribution in [0.3, 0.4) is 0 Å². The van der Waals surface area contributed by atoms with E-state index >= 15 is 0 Å². The number of benzene rings is 2. The first-order valence-electron chi connectivity index (χ1n) is 11.6. The molecule has 6 heteroatoms. The molecule has 32 heavy (non-hydrogen) atoms. The van der Waals surface area contributed by atoms with Crippen LogP contribution in [0.25, 0.3) is 11.5 Å². The lowest BCUT2D eigenvalue weighted by molar-refractivity contribution is 0.0107. The van der Waals surface area contributed by atoms with Crippen molar-refractivity contribution in [2.24, 2.45) is 17.8 Å². The SMILES string of the molecule is Cc1noc(-c2ccc(C(=O)Nc3ccccc3NC34CC5CC(CC(C5)C3)C4)cc2)n1. The van der Waals surface area contributed by atoms with Crippen LogP contribution in [0.1, 0.15) is 54.7 Å². The van der Waals surface area contributed by atoms with Crippen molar-refractivity contribution in [3.8, 4) is 11.5 Å².